The molecule has 0 saturated carbocycles. The molecule has 0 aliphatic carbocycles. The fourth-order valence-electron chi connectivity index (χ4n) is 2.62. The SMILES string of the molecule is CCNC(=NCc1ccc(F)cc1CSC)NCc1coc(-c2cccs2)n1.I. The maximum absolute atomic E-state index is 13.5. The molecule has 0 radical (unpaired) electrons. The van der Waals surface area contributed by atoms with Crippen LogP contribution in [0.5, 0.6) is 0 Å². The first kappa shape index (κ1) is 23.7. The molecule has 1 aromatic carbocycles. The zero-order valence-corrected chi connectivity index (χ0v) is 20.2. The monoisotopic (exact) mass is 546 g/mol. The zero-order chi connectivity index (χ0) is 19.8. The highest BCUT2D eigenvalue weighted by Crippen LogP contribution is 2.23. The summed E-state index contributed by atoms with van der Waals surface area (Å²) in [5.41, 5.74) is 2.80. The van der Waals surface area contributed by atoms with Gasteiger partial charge in [-0.1, -0.05) is 12.1 Å². The van der Waals surface area contributed by atoms with Gasteiger partial charge in [0.15, 0.2) is 5.96 Å². The Morgan fingerprint density at radius 3 is 2.86 bits per heavy atom. The first-order chi connectivity index (χ1) is 13.7. The van der Waals surface area contributed by atoms with E-state index in [2.05, 4.69) is 20.6 Å². The van der Waals surface area contributed by atoms with Crippen LogP contribution in [-0.4, -0.2) is 23.7 Å². The van der Waals surface area contributed by atoms with Gasteiger partial charge in [0.1, 0.15) is 12.1 Å². The van der Waals surface area contributed by atoms with Gasteiger partial charge in [-0.25, -0.2) is 14.4 Å². The molecule has 0 unspecified atom stereocenters. The van der Waals surface area contributed by atoms with Gasteiger partial charge in [0, 0.05) is 12.3 Å². The summed E-state index contributed by atoms with van der Waals surface area (Å²) < 4.78 is 19.1. The molecule has 0 fully saturated rings. The molecule has 0 aliphatic heterocycles. The lowest BCUT2D eigenvalue weighted by atomic mass is 10.1. The van der Waals surface area contributed by atoms with Gasteiger partial charge < -0.3 is 15.1 Å². The first-order valence-electron chi connectivity index (χ1n) is 8.96. The van der Waals surface area contributed by atoms with Crippen molar-refractivity contribution in [2.75, 3.05) is 12.8 Å². The number of thioether (sulfide) groups is 1. The van der Waals surface area contributed by atoms with Crippen molar-refractivity contribution >= 4 is 53.0 Å². The van der Waals surface area contributed by atoms with Crippen LogP contribution in [0.4, 0.5) is 4.39 Å². The molecule has 9 heteroatoms. The Kier molecular flexibility index (Phi) is 9.95. The summed E-state index contributed by atoms with van der Waals surface area (Å²) in [6.45, 7) is 3.73. The van der Waals surface area contributed by atoms with E-state index in [0.717, 1.165) is 34.0 Å². The number of rotatable bonds is 8. The molecule has 0 bridgehead atoms. The molecule has 0 atom stereocenters. The van der Waals surface area contributed by atoms with Gasteiger partial charge in [-0.2, -0.15) is 11.8 Å². The Morgan fingerprint density at radius 1 is 1.28 bits per heavy atom. The number of halogens is 2. The van der Waals surface area contributed by atoms with Gasteiger partial charge in [0.2, 0.25) is 5.89 Å². The average molecular weight is 546 g/mol. The number of benzene rings is 1. The first-order valence-corrected chi connectivity index (χ1v) is 11.2. The third kappa shape index (κ3) is 7.00. The Bertz CT molecular complexity index is 915. The third-order valence-corrected chi connectivity index (χ3v) is 5.40. The highest BCUT2D eigenvalue weighted by atomic mass is 127. The van der Waals surface area contributed by atoms with E-state index in [0.29, 0.717) is 24.9 Å². The zero-order valence-electron chi connectivity index (χ0n) is 16.3. The van der Waals surface area contributed by atoms with Gasteiger partial charge >= 0.3 is 0 Å². The minimum absolute atomic E-state index is 0. The molecular formula is C20H24FIN4OS2. The minimum atomic E-state index is -0.214. The van der Waals surface area contributed by atoms with Crippen molar-refractivity contribution in [3.63, 3.8) is 0 Å². The van der Waals surface area contributed by atoms with Crippen LogP contribution >= 0.6 is 47.1 Å². The Labute approximate surface area is 195 Å². The van der Waals surface area contributed by atoms with Gasteiger partial charge in [0.25, 0.3) is 0 Å². The molecule has 2 heterocycles. The summed E-state index contributed by atoms with van der Waals surface area (Å²) in [6, 6.07) is 8.82. The minimum Gasteiger partial charge on any atom is -0.443 e. The van der Waals surface area contributed by atoms with Crippen LogP contribution in [0, 0.1) is 5.82 Å². The van der Waals surface area contributed by atoms with Gasteiger partial charge in [-0.05, 0) is 47.9 Å². The largest absolute Gasteiger partial charge is 0.443 e. The molecule has 2 N–H and O–H groups in total. The van der Waals surface area contributed by atoms with E-state index in [-0.39, 0.29) is 29.8 Å². The second-order valence-corrected chi connectivity index (χ2v) is 7.83. The van der Waals surface area contributed by atoms with Crippen LogP contribution in [0.15, 0.2) is 51.4 Å². The third-order valence-electron chi connectivity index (χ3n) is 3.94. The number of hydrogen-bond acceptors (Lipinski definition) is 5. The molecule has 3 aromatic rings. The van der Waals surface area contributed by atoms with Gasteiger partial charge in [-0.3, -0.25) is 0 Å². The number of hydrogen-bond donors (Lipinski definition) is 2. The lowest BCUT2D eigenvalue weighted by Crippen LogP contribution is -2.36. The predicted octanol–water partition coefficient (Wildman–Crippen LogP) is 5.28. The fraction of sp³-hybridized carbons (Fsp3) is 0.300. The second-order valence-electron chi connectivity index (χ2n) is 6.02. The Morgan fingerprint density at radius 2 is 2.14 bits per heavy atom. The molecule has 0 spiro atoms. The van der Waals surface area contributed by atoms with Crippen LogP contribution < -0.4 is 10.6 Å². The van der Waals surface area contributed by atoms with Crippen LogP contribution in [0.25, 0.3) is 10.8 Å². The summed E-state index contributed by atoms with van der Waals surface area (Å²) in [7, 11) is 0. The number of thiophene rings is 1. The maximum atomic E-state index is 13.5. The number of oxazole rings is 1. The average Bonchev–Trinajstić information content (AvgIpc) is 3.37. The number of aliphatic imine (C=N–C) groups is 1. The van der Waals surface area contributed by atoms with Gasteiger partial charge in [-0.15, -0.1) is 35.3 Å². The van der Waals surface area contributed by atoms with E-state index < -0.39 is 0 Å². The lowest BCUT2D eigenvalue weighted by Gasteiger charge is -2.11. The van der Waals surface area contributed by atoms with Crippen molar-refractivity contribution in [3.05, 3.63) is 64.6 Å². The maximum Gasteiger partial charge on any atom is 0.236 e. The van der Waals surface area contributed by atoms with E-state index in [1.54, 1.807) is 41.5 Å². The quantitative estimate of drug-likeness (QED) is 0.229. The number of guanidine groups is 1. The van der Waals surface area contributed by atoms with E-state index >= 15 is 0 Å². The Balaban J connectivity index is 0.00000300. The summed E-state index contributed by atoms with van der Waals surface area (Å²) >= 11 is 3.26. The van der Waals surface area contributed by atoms with E-state index in [1.165, 1.54) is 6.07 Å². The highest BCUT2D eigenvalue weighted by Gasteiger charge is 2.09. The highest BCUT2D eigenvalue weighted by molar-refractivity contribution is 14.0. The topological polar surface area (TPSA) is 62.5 Å². The van der Waals surface area contributed by atoms with Crippen LogP contribution in [-0.2, 0) is 18.8 Å². The molecule has 29 heavy (non-hydrogen) atoms. The Hall–Kier alpha value is -1.59. The van der Waals surface area contributed by atoms with Crippen molar-refractivity contribution < 1.29 is 8.81 Å². The standard InChI is InChI=1S/C20H23FN4OS2.HI/c1-3-22-20(23-10-14-6-7-16(21)9-15(14)13-27-2)24-11-17-12-26-19(25-17)18-5-4-8-28-18;/h4-9,12H,3,10-11,13H2,1-2H3,(H2,22,23,24);1H. The molecule has 5 nitrogen and oxygen atoms in total. The van der Waals surface area contributed by atoms with Crippen LogP contribution in [0.3, 0.4) is 0 Å². The summed E-state index contributed by atoms with van der Waals surface area (Å²) in [5.74, 6) is 1.86. The van der Waals surface area contributed by atoms with Crippen LogP contribution in [0.2, 0.25) is 0 Å². The molecule has 0 amide bonds. The number of nitrogens with zero attached hydrogens (tertiary/aromatic N) is 2. The van der Waals surface area contributed by atoms with Gasteiger partial charge in [0.05, 0.1) is 23.7 Å². The molecular weight excluding hydrogens is 522 g/mol. The smallest absolute Gasteiger partial charge is 0.236 e. The molecule has 0 saturated heterocycles. The second kappa shape index (κ2) is 12.2. The summed E-state index contributed by atoms with van der Waals surface area (Å²) in [4.78, 5) is 10.1. The van der Waals surface area contributed by atoms with Crippen molar-refractivity contribution in [2.24, 2.45) is 4.99 Å². The molecule has 3 rings (SSSR count). The van der Waals surface area contributed by atoms with Crippen LogP contribution in [0.1, 0.15) is 23.7 Å². The molecule has 156 valence electrons. The van der Waals surface area contributed by atoms with E-state index in [4.69, 9.17) is 4.42 Å². The summed E-state index contributed by atoms with van der Waals surface area (Å²) in [6.07, 6.45) is 3.66. The van der Waals surface area contributed by atoms with Crippen molar-refractivity contribution in [1.82, 2.24) is 15.6 Å². The predicted molar refractivity (Wildman–Crippen MR) is 131 cm³/mol. The molecule has 2 aromatic heterocycles. The normalized spacial score (nSPS) is 11.2. The number of nitrogens with one attached hydrogen (secondary N) is 2. The number of aromatic nitrogens is 1. The van der Waals surface area contributed by atoms with Crippen molar-refractivity contribution in [3.8, 4) is 10.8 Å². The van der Waals surface area contributed by atoms with Crippen molar-refractivity contribution in [1.29, 1.82) is 0 Å². The summed E-state index contributed by atoms with van der Waals surface area (Å²) in [5, 5.41) is 8.49. The van der Waals surface area contributed by atoms with E-state index in [1.807, 2.05) is 30.7 Å². The van der Waals surface area contributed by atoms with Crippen molar-refractivity contribution in [2.45, 2.75) is 25.8 Å². The molecule has 0 aliphatic rings. The van der Waals surface area contributed by atoms with E-state index in [9.17, 15) is 4.39 Å². The lowest BCUT2D eigenvalue weighted by molar-refractivity contribution is 0.573. The fourth-order valence-corrected chi connectivity index (χ4v) is 3.86.